The number of aliphatic carboxylic acids is 1. The zero-order chi connectivity index (χ0) is 11.5. The highest BCUT2D eigenvalue weighted by Gasteiger charge is 2.41. The topological polar surface area (TPSA) is 84.9 Å². The van der Waals surface area contributed by atoms with E-state index in [-0.39, 0.29) is 11.1 Å². The van der Waals surface area contributed by atoms with Gasteiger partial charge in [-0.15, -0.1) is 0 Å². The number of nitrogens with zero attached hydrogens (tertiary/aromatic N) is 2. The molecule has 0 aliphatic carbocycles. The van der Waals surface area contributed by atoms with Crippen LogP contribution in [0.3, 0.4) is 0 Å². The van der Waals surface area contributed by atoms with Crippen LogP contribution in [0.25, 0.3) is 0 Å². The van der Waals surface area contributed by atoms with Crippen LogP contribution >= 0.6 is 0 Å². The van der Waals surface area contributed by atoms with Crippen molar-refractivity contribution in [3.8, 4) is 12.1 Å². The van der Waals surface area contributed by atoms with E-state index in [1.807, 2.05) is 0 Å². The lowest BCUT2D eigenvalue weighted by atomic mass is 9.97. The van der Waals surface area contributed by atoms with Crippen molar-refractivity contribution in [2.45, 2.75) is 5.67 Å². The molecule has 1 aromatic carbocycles. The molecule has 1 atom stereocenters. The minimum Gasteiger partial charge on any atom is -0.478 e. The Morgan fingerprint density at radius 3 is 2.20 bits per heavy atom. The number of hydrogen-bond donors (Lipinski definition) is 1. The van der Waals surface area contributed by atoms with E-state index in [2.05, 4.69) is 0 Å². The van der Waals surface area contributed by atoms with Gasteiger partial charge >= 0.3 is 11.6 Å². The average molecular weight is 204 g/mol. The van der Waals surface area contributed by atoms with Gasteiger partial charge in [-0.3, -0.25) is 0 Å². The van der Waals surface area contributed by atoms with Gasteiger partial charge in [0.1, 0.15) is 6.07 Å². The second kappa shape index (κ2) is 3.77. The highest BCUT2D eigenvalue weighted by Crippen LogP contribution is 2.25. The monoisotopic (exact) mass is 204 g/mol. The Morgan fingerprint density at radius 2 is 1.87 bits per heavy atom. The maximum atomic E-state index is 13.6. The number of carboxylic acid groups (broad SMARTS) is 1. The Bertz CT molecular complexity index is 470. The summed E-state index contributed by atoms with van der Waals surface area (Å²) in [5, 5.41) is 25.5. The zero-order valence-corrected chi connectivity index (χ0v) is 7.44. The van der Waals surface area contributed by atoms with Crippen LogP contribution in [0.5, 0.6) is 0 Å². The summed E-state index contributed by atoms with van der Waals surface area (Å²) in [4.78, 5) is 10.5. The van der Waals surface area contributed by atoms with Gasteiger partial charge in [0.05, 0.1) is 11.6 Å². The van der Waals surface area contributed by atoms with E-state index in [0.717, 1.165) is 18.2 Å². The predicted molar refractivity (Wildman–Crippen MR) is 47.2 cm³/mol. The van der Waals surface area contributed by atoms with Crippen molar-refractivity contribution in [1.82, 2.24) is 0 Å². The van der Waals surface area contributed by atoms with Crippen LogP contribution in [0.15, 0.2) is 24.3 Å². The normalized spacial score (nSPS) is 13.3. The van der Waals surface area contributed by atoms with Crippen LogP contribution in [0.4, 0.5) is 4.39 Å². The largest absolute Gasteiger partial charge is 0.478 e. The van der Waals surface area contributed by atoms with Crippen molar-refractivity contribution in [3.63, 3.8) is 0 Å². The second-order valence-corrected chi connectivity index (χ2v) is 2.76. The van der Waals surface area contributed by atoms with Gasteiger partial charge in [0, 0.05) is 5.56 Å². The van der Waals surface area contributed by atoms with Gasteiger partial charge in [0.25, 0.3) is 0 Å². The van der Waals surface area contributed by atoms with E-state index in [1.165, 1.54) is 12.1 Å². The standard InChI is InChI=1S/C10H5FN2O2/c11-10(6-13,9(14)15)8-3-1-7(5-12)2-4-8/h1-4H,(H,14,15). The van der Waals surface area contributed by atoms with Crippen molar-refractivity contribution in [3.05, 3.63) is 35.4 Å². The molecule has 1 aromatic rings. The molecule has 0 spiro atoms. The van der Waals surface area contributed by atoms with Gasteiger partial charge in [-0.2, -0.15) is 10.5 Å². The first-order valence-corrected chi connectivity index (χ1v) is 3.89. The van der Waals surface area contributed by atoms with E-state index in [1.54, 1.807) is 6.07 Å². The molecule has 0 bridgehead atoms. The van der Waals surface area contributed by atoms with Gasteiger partial charge in [0.2, 0.25) is 0 Å². The summed E-state index contributed by atoms with van der Waals surface area (Å²) in [5.41, 5.74) is -3.09. The maximum Gasteiger partial charge on any atom is 0.361 e. The van der Waals surface area contributed by atoms with Crippen molar-refractivity contribution < 1.29 is 14.3 Å². The molecule has 74 valence electrons. The summed E-state index contributed by atoms with van der Waals surface area (Å²) in [6, 6.07) is 7.60. The highest BCUT2D eigenvalue weighted by molar-refractivity contribution is 5.82. The molecule has 4 nitrogen and oxygen atoms in total. The molecule has 15 heavy (non-hydrogen) atoms. The summed E-state index contributed by atoms with van der Waals surface area (Å²) >= 11 is 0. The van der Waals surface area contributed by atoms with Crippen molar-refractivity contribution in [2.75, 3.05) is 0 Å². The van der Waals surface area contributed by atoms with Crippen molar-refractivity contribution in [2.24, 2.45) is 0 Å². The molecule has 0 radical (unpaired) electrons. The first-order chi connectivity index (χ1) is 7.04. The summed E-state index contributed by atoms with van der Waals surface area (Å²) in [5.74, 6) is -1.87. The van der Waals surface area contributed by atoms with E-state index in [4.69, 9.17) is 15.6 Å². The molecule has 0 aliphatic rings. The van der Waals surface area contributed by atoms with E-state index >= 15 is 0 Å². The maximum absolute atomic E-state index is 13.6. The fourth-order valence-electron chi connectivity index (χ4n) is 1.01. The van der Waals surface area contributed by atoms with Gasteiger partial charge in [-0.25, -0.2) is 9.18 Å². The Hall–Kier alpha value is -2.40. The Balaban J connectivity index is 3.23. The quantitative estimate of drug-likeness (QED) is 0.787. The lowest BCUT2D eigenvalue weighted by Crippen LogP contribution is -2.28. The number of hydrogen-bond acceptors (Lipinski definition) is 3. The molecule has 0 amide bonds. The lowest BCUT2D eigenvalue weighted by Gasteiger charge is -2.11. The molecule has 0 aromatic heterocycles. The Labute approximate surface area is 84.8 Å². The van der Waals surface area contributed by atoms with Crippen LogP contribution < -0.4 is 0 Å². The molecular weight excluding hydrogens is 199 g/mol. The fraction of sp³-hybridized carbons (Fsp3) is 0.100. The van der Waals surface area contributed by atoms with E-state index in [9.17, 15) is 9.18 Å². The van der Waals surface area contributed by atoms with E-state index in [0.29, 0.717) is 0 Å². The van der Waals surface area contributed by atoms with Crippen LogP contribution in [0, 0.1) is 22.7 Å². The molecule has 0 aliphatic heterocycles. The third-order valence-electron chi connectivity index (χ3n) is 1.86. The molecule has 1 rings (SSSR count). The number of carbonyl (C=O) groups is 1. The number of carboxylic acids is 1. The van der Waals surface area contributed by atoms with Crippen LogP contribution in [0.1, 0.15) is 11.1 Å². The summed E-state index contributed by atoms with van der Waals surface area (Å²) in [6.45, 7) is 0. The molecular formula is C10H5FN2O2. The minimum absolute atomic E-state index is 0.268. The third kappa shape index (κ3) is 1.77. The van der Waals surface area contributed by atoms with Gasteiger partial charge < -0.3 is 5.11 Å². The van der Waals surface area contributed by atoms with E-state index < -0.39 is 11.6 Å². The molecule has 5 heteroatoms. The number of alkyl halides is 1. The minimum atomic E-state index is -3.06. The summed E-state index contributed by atoms with van der Waals surface area (Å²) < 4.78 is 13.6. The number of halogens is 1. The molecule has 1 N–H and O–H groups in total. The first-order valence-electron chi connectivity index (χ1n) is 3.89. The smallest absolute Gasteiger partial charge is 0.361 e. The molecule has 0 heterocycles. The van der Waals surface area contributed by atoms with Crippen LogP contribution in [0.2, 0.25) is 0 Å². The molecule has 0 fully saturated rings. The Kier molecular flexibility index (Phi) is 2.68. The van der Waals surface area contributed by atoms with Crippen LogP contribution in [-0.4, -0.2) is 11.1 Å². The number of nitriles is 2. The number of benzene rings is 1. The highest BCUT2D eigenvalue weighted by atomic mass is 19.1. The Morgan fingerprint density at radius 1 is 1.33 bits per heavy atom. The molecule has 0 saturated carbocycles. The van der Waals surface area contributed by atoms with Crippen molar-refractivity contribution in [1.29, 1.82) is 10.5 Å². The number of rotatable bonds is 2. The van der Waals surface area contributed by atoms with Crippen LogP contribution in [-0.2, 0) is 10.5 Å². The SMILES string of the molecule is N#Cc1ccc(C(F)(C#N)C(=O)O)cc1. The summed E-state index contributed by atoms with van der Waals surface area (Å²) in [6.07, 6.45) is 0. The van der Waals surface area contributed by atoms with Gasteiger partial charge in [-0.1, -0.05) is 12.1 Å². The second-order valence-electron chi connectivity index (χ2n) is 2.76. The zero-order valence-electron chi connectivity index (χ0n) is 7.44. The third-order valence-corrected chi connectivity index (χ3v) is 1.86. The predicted octanol–water partition coefficient (Wildman–Crippen LogP) is 1.33. The lowest BCUT2D eigenvalue weighted by molar-refractivity contribution is -0.147. The average Bonchev–Trinajstić information content (AvgIpc) is 2.28. The summed E-state index contributed by atoms with van der Waals surface area (Å²) in [7, 11) is 0. The molecule has 0 saturated heterocycles. The fourth-order valence-corrected chi connectivity index (χ4v) is 1.01. The van der Waals surface area contributed by atoms with Gasteiger partial charge in [0.15, 0.2) is 0 Å². The first kappa shape index (κ1) is 10.7. The van der Waals surface area contributed by atoms with Crippen molar-refractivity contribution >= 4 is 5.97 Å². The van der Waals surface area contributed by atoms with Gasteiger partial charge in [-0.05, 0) is 12.1 Å². The molecule has 1 unspecified atom stereocenters.